The summed E-state index contributed by atoms with van der Waals surface area (Å²) in [5.41, 5.74) is 3.04. The minimum Gasteiger partial charge on any atom is -0.496 e. The zero-order valence-corrected chi connectivity index (χ0v) is 17.1. The van der Waals surface area contributed by atoms with E-state index >= 15 is 0 Å². The minimum absolute atomic E-state index is 0.0451. The Bertz CT molecular complexity index is 779. The number of carbonyl (C=O) groups is 1. The van der Waals surface area contributed by atoms with Crippen molar-refractivity contribution in [2.45, 2.75) is 19.4 Å². The lowest BCUT2D eigenvalue weighted by atomic mass is 10.0. The number of likely N-dealkylation sites (N-methyl/N-ethyl adjacent to an activating group) is 1. The van der Waals surface area contributed by atoms with E-state index in [1.54, 1.807) is 13.2 Å². The van der Waals surface area contributed by atoms with E-state index in [2.05, 4.69) is 52.5 Å². The number of methoxy groups -OCH3 is 1. The number of nitrogens with one attached hydrogen (secondary N) is 1. The molecule has 1 aliphatic rings. The number of carbonyl (C=O) groups excluding carboxylic acids is 1. The van der Waals surface area contributed by atoms with Crippen LogP contribution in [-0.4, -0.2) is 62.6 Å². The molecule has 0 radical (unpaired) electrons. The molecule has 1 N–H and O–H groups in total. The zero-order valence-electron chi connectivity index (χ0n) is 17.1. The number of benzene rings is 2. The van der Waals surface area contributed by atoms with Gasteiger partial charge in [0, 0.05) is 44.3 Å². The van der Waals surface area contributed by atoms with E-state index in [1.165, 1.54) is 5.56 Å². The molecule has 5 heteroatoms. The Kier molecular flexibility index (Phi) is 7.06. The SMILES string of the molecule is COc1cc(C(=O)NCCCN2CCN(C)C[C@H]2c2ccccc2)ccc1C. The monoisotopic (exact) mass is 381 g/mol. The van der Waals surface area contributed by atoms with E-state index in [0.29, 0.717) is 18.2 Å². The van der Waals surface area contributed by atoms with Crippen molar-refractivity contribution in [2.24, 2.45) is 0 Å². The van der Waals surface area contributed by atoms with Crippen LogP contribution in [0.4, 0.5) is 0 Å². The highest BCUT2D eigenvalue weighted by atomic mass is 16.5. The third-order valence-corrected chi connectivity index (χ3v) is 5.46. The van der Waals surface area contributed by atoms with Crippen molar-refractivity contribution in [2.75, 3.05) is 46.9 Å². The van der Waals surface area contributed by atoms with Crippen LogP contribution in [0, 0.1) is 6.92 Å². The van der Waals surface area contributed by atoms with Crippen molar-refractivity contribution in [1.29, 1.82) is 0 Å². The van der Waals surface area contributed by atoms with E-state index in [-0.39, 0.29) is 5.91 Å². The molecule has 28 heavy (non-hydrogen) atoms. The molecule has 1 saturated heterocycles. The molecule has 0 bridgehead atoms. The van der Waals surface area contributed by atoms with Crippen LogP contribution in [0.5, 0.6) is 5.75 Å². The summed E-state index contributed by atoms with van der Waals surface area (Å²) in [4.78, 5) is 17.3. The summed E-state index contributed by atoms with van der Waals surface area (Å²) >= 11 is 0. The first-order chi connectivity index (χ1) is 13.6. The Morgan fingerprint density at radius 1 is 1.18 bits per heavy atom. The highest BCUT2D eigenvalue weighted by Crippen LogP contribution is 2.24. The first-order valence-electron chi connectivity index (χ1n) is 9.99. The van der Waals surface area contributed by atoms with Gasteiger partial charge in [0.1, 0.15) is 5.75 Å². The highest BCUT2D eigenvalue weighted by Gasteiger charge is 2.25. The number of hydrogen-bond donors (Lipinski definition) is 1. The van der Waals surface area contributed by atoms with E-state index in [0.717, 1.165) is 43.9 Å². The molecule has 0 unspecified atom stereocenters. The summed E-state index contributed by atoms with van der Waals surface area (Å²) in [6, 6.07) is 16.7. The number of amides is 1. The standard InChI is InChI=1S/C23H31N3O2/c1-18-10-11-20(16-22(18)28-3)23(27)24-12-7-13-26-15-14-25(2)17-21(26)19-8-5-4-6-9-19/h4-6,8-11,16,21H,7,12-15,17H2,1-3H3,(H,24,27)/t21-/m0/s1. The largest absolute Gasteiger partial charge is 0.496 e. The lowest BCUT2D eigenvalue weighted by Gasteiger charge is -2.40. The van der Waals surface area contributed by atoms with Gasteiger partial charge in [-0.1, -0.05) is 36.4 Å². The molecule has 150 valence electrons. The van der Waals surface area contributed by atoms with Crippen LogP contribution in [0.15, 0.2) is 48.5 Å². The van der Waals surface area contributed by atoms with Crippen molar-refractivity contribution >= 4 is 5.91 Å². The summed E-state index contributed by atoms with van der Waals surface area (Å²) in [5, 5.41) is 3.04. The fraction of sp³-hybridized carbons (Fsp3) is 0.435. The van der Waals surface area contributed by atoms with Gasteiger partial charge in [0.25, 0.3) is 5.91 Å². The maximum atomic E-state index is 12.4. The first kappa shape index (κ1) is 20.4. The smallest absolute Gasteiger partial charge is 0.251 e. The topological polar surface area (TPSA) is 44.8 Å². The lowest BCUT2D eigenvalue weighted by Crippen LogP contribution is -2.47. The number of aryl methyl sites for hydroxylation is 1. The third kappa shape index (κ3) is 5.12. The van der Waals surface area contributed by atoms with E-state index in [4.69, 9.17) is 4.74 Å². The van der Waals surface area contributed by atoms with Gasteiger partial charge in [-0.05, 0) is 43.7 Å². The van der Waals surface area contributed by atoms with Crippen molar-refractivity contribution in [3.8, 4) is 5.75 Å². The molecule has 5 nitrogen and oxygen atoms in total. The Balaban J connectivity index is 1.51. The van der Waals surface area contributed by atoms with Crippen molar-refractivity contribution < 1.29 is 9.53 Å². The molecule has 1 atom stereocenters. The van der Waals surface area contributed by atoms with Gasteiger partial charge in [0.2, 0.25) is 0 Å². The normalized spacial score (nSPS) is 18.0. The van der Waals surface area contributed by atoms with Crippen molar-refractivity contribution in [3.63, 3.8) is 0 Å². The average molecular weight is 382 g/mol. The van der Waals surface area contributed by atoms with Gasteiger partial charge in [0.05, 0.1) is 7.11 Å². The van der Waals surface area contributed by atoms with Gasteiger partial charge in [-0.15, -0.1) is 0 Å². The Morgan fingerprint density at radius 2 is 1.96 bits per heavy atom. The third-order valence-electron chi connectivity index (χ3n) is 5.46. The first-order valence-corrected chi connectivity index (χ1v) is 9.99. The molecular weight excluding hydrogens is 350 g/mol. The van der Waals surface area contributed by atoms with Crippen LogP contribution < -0.4 is 10.1 Å². The second kappa shape index (κ2) is 9.71. The molecule has 3 rings (SSSR count). The Morgan fingerprint density at radius 3 is 2.71 bits per heavy atom. The van der Waals surface area contributed by atoms with Gasteiger partial charge in [-0.3, -0.25) is 9.69 Å². The molecule has 1 aliphatic heterocycles. The number of nitrogens with zero attached hydrogens (tertiary/aromatic N) is 2. The quantitative estimate of drug-likeness (QED) is 0.749. The predicted molar refractivity (Wildman–Crippen MR) is 113 cm³/mol. The van der Waals surface area contributed by atoms with Gasteiger partial charge < -0.3 is 15.0 Å². The van der Waals surface area contributed by atoms with Gasteiger partial charge >= 0.3 is 0 Å². The molecule has 2 aromatic carbocycles. The Hall–Kier alpha value is -2.37. The van der Waals surface area contributed by atoms with E-state index in [9.17, 15) is 4.79 Å². The van der Waals surface area contributed by atoms with Crippen LogP contribution in [0.1, 0.15) is 33.9 Å². The van der Waals surface area contributed by atoms with Crippen molar-refractivity contribution in [1.82, 2.24) is 15.1 Å². The number of hydrogen-bond acceptors (Lipinski definition) is 4. The van der Waals surface area contributed by atoms with Gasteiger partial charge in [-0.25, -0.2) is 0 Å². The second-order valence-electron chi connectivity index (χ2n) is 7.52. The average Bonchev–Trinajstić information content (AvgIpc) is 2.72. The lowest BCUT2D eigenvalue weighted by molar-refractivity contribution is 0.0865. The fourth-order valence-corrected chi connectivity index (χ4v) is 3.76. The number of piperazine rings is 1. The molecule has 0 aliphatic carbocycles. The summed E-state index contributed by atoms with van der Waals surface area (Å²) in [5.74, 6) is 0.701. The van der Waals surface area contributed by atoms with Crippen molar-refractivity contribution in [3.05, 3.63) is 65.2 Å². The number of rotatable bonds is 7. The summed E-state index contributed by atoms with van der Waals surface area (Å²) in [7, 11) is 3.81. The molecule has 0 aromatic heterocycles. The van der Waals surface area contributed by atoms with Gasteiger partial charge in [-0.2, -0.15) is 0 Å². The molecule has 0 spiro atoms. The van der Waals surface area contributed by atoms with Crippen LogP contribution in [0.3, 0.4) is 0 Å². The van der Waals surface area contributed by atoms with Crippen LogP contribution in [0.25, 0.3) is 0 Å². The van der Waals surface area contributed by atoms with E-state index < -0.39 is 0 Å². The van der Waals surface area contributed by atoms with Crippen LogP contribution in [0.2, 0.25) is 0 Å². The summed E-state index contributed by atoms with van der Waals surface area (Å²) in [6.45, 7) is 6.80. The Labute approximate surface area is 168 Å². The highest BCUT2D eigenvalue weighted by molar-refractivity contribution is 5.94. The van der Waals surface area contributed by atoms with Crippen LogP contribution >= 0.6 is 0 Å². The van der Waals surface area contributed by atoms with E-state index in [1.807, 2.05) is 19.1 Å². The molecule has 1 amide bonds. The van der Waals surface area contributed by atoms with Gasteiger partial charge in [0.15, 0.2) is 0 Å². The van der Waals surface area contributed by atoms with Crippen LogP contribution in [-0.2, 0) is 0 Å². The maximum Gasteiger partial charge on any atom is 0.251 e. The molecule has 0 saturated carbocycles. The summed E-state index contributed by atoms with van der Waals surface area (Å²) < 4.78 is 5.31. The maximum absolute atomic E-state index is 12.4. The molecule has 1 heterocycles. The molecule has 1 fully saturated rings. The molecular formula is C23H31N3O2. The zero-order chi connectivity index (χ0) is 19.9. The number of ether oxygens (including phenoxy) is 1. The summed E-state index contributed by atoms with van der Waals surface area (Å²) in [6.07, 6.45) is 0.932. The fourth-order valence-electron chi connectivity index (χ4n) is 3.76. The second-order valence-corrected chi connectivity index (χ2v) is 7.52. The predicted octanol–water partition coefficient (Wildman–Crippen LogP) is 3.11. The molecule has 2 aromatic rings. The minimum atomic E-state index is -0.0451.